The number of halogens is 1. The van der Waals surface area contributed by atoms with Crippen molar-refractivity contribution in [1.29, 1.82) is 0 Å². The Labute approximate surface area is 160 Å². The first kappa shape index (κ1) is 21.8. The van der Waals surface area contributed by atoms with E-state index < -0.39 is 11.9 Å². The van der Waals surface area contributed by atoms with Crippen molar-refractivity contribution in [3.05, 3.63) is 41.2 Å². The number of esters is 2. The Morgan fingerprint density at radius 3 is 1.81 bits per heavy atom. The zero-order valence-electron chi connectivity index (χ0n) is 15.1. The highest BCUT2D eigenvalue weighted by atomic mass is 35.5. The Bertz CT molecular complexity index is 831. The van der Waals surface area contributed by atoms with Gasteiger partial charge in [0.15, 0.2) is 17.2 Å². The van der Waals surface area contributed by atoms with Crippen molar-refractivity contribution in [3.63, 3.8) is 0 Å². The first-order valence-corrected chi connectivity index (χ1v) is 7.57. The quantitative estimate of drug-likeness (QED) is 0.546. The average Bonchev–Trinajstić information content (AvgIpc) is 2.71. The van der Waals surface area contributed by atoms with Crippen molar-refractivity contribution in [2.24, 2.45) is 0 Å². The fourth-order valence-electron chi connectivity index (χ4n) is 1.56. The van der Waals surface area contributed by atoms with Gasteiger partial charge in [0, 0.05) is 12.1 Å². The van der Waals surface area contributed by atoms with Crippen LogP contribution in [0.2, 0.25) is 5.28 Å². The van der Waals surface area contributed by atoms with Crippen LogP contribution in [0.25, 0.3) is 6.08 Å². The van der Waals surface area contributed by atoms with E-state index in [0.717, 1.165) is 0 Å². The zero-order valence-corrected chi connectivity index (χ0v) is 15.8. The van der Waals surface area contributed by atoms with Gasteiger partial charge in [-0.05, 0) is 17.7 Å². The zero-order chi connectivity index (χ0) is 20.4. The van der Waals surface area contributed by atoms with E-state index in [4.69, 9.17) is 21.1 Å². The molecule has 0 saturated heterocycles. The largest absolute Gasteiger partial charge is 0.481 e. The fraction of sp³-hybridized carbons (Fsp3) is 0.250. The monoisotopic (exact) mass is 396 g/mol. The molecule has 0 spiro atoms. The van der Waals surface area contributed by atoms with Gasteiger partial charge in [0.05, 0.1) is 28.4 Å². The van der Waals surface area contributed by atoms with Gasteiger partial charge < -0.3 is 18.9 Å². The molecule has 0 aromatic carbocycles. The lowest BCUT2D eigenvalue weighted by Crippen LogP contribution is -2.07. The normalized spacial score (nSPS) is 9.37. The van der Waals surface area contributed by atoms with Gasteiger partial charge in [0.1, 0.15) is 0 Å². The van der Waals surface area contributed by atoms with Crippen LogP contribution in [-0.4, -0.2) is 60.3 Å². The third-order valence-corrected chi connectivity index (χ3v) is 2.95. The van der Waals surface area contributed by atoms with Gasteiger partial charge in [0.2, 0.25) is 17.0 Å². The number of carbonyl (C=O) groups is 2. The predicted molar refractivity (Wildman–Crippen MR) is 94.9 cm³/mol. The molecule has 0 aliphatic carbocycles. The summed E-state index contributed by atoms with van der Waals surface area (Å²) < 4.78 is 18.6. The number of nitrogens with zero attached hydrogens (tertiary/aromatic N) is 4. The molecule has 0 atom stereocenters. The molecule has 2 aromatic heterocycles. The number of ether oxygens (including phenoxy) is 4. The molecule has 2 heterocycles. The molecule has 0 aliphatic heterocycles. The Balaban J connectivity index is 0.000000271. The summed E-state index contributed by atoms with van der Waals surface area (Å²) in [5.74, 6) is -0.267. The lowest BCUT2D eigenvalue weighted by atomic mass is 10.4. The van der Waals surface area contributed by atoms with Gasteiger partial charge in [-0.1, -0.05) is 6.58 Å². The van der Waals surface area contributed by atoms with Crippen LogP contribution < -0.4 is 9.47 Å². The molecule has 0 radical (unpaired) electrons. The van der Waals surface area contributed by atoms with Crippen LogP contribution in [0.1, 0.15) is 26.8 Å². The van der Waals surface area contributed by atoms with E-state index in [1.165, 1.54) is 46.6 Å². The van der Waals surface area contributed by atoms with Crippen LogP contribution in [0, 0.1) is 0 Å². The van der Waals surface area contributed by atoms with Gasteiger partial charge in [-0.25, -0.2) is 19.6 Å². The Morgan fingerprint density at radius 2 is 1.37 bits per heavy atom. The van der Waals surface area contributed by atoms with E-state index in [-0.39, 0.29) is 22.6 Å². The SMILES string of the molecule is C=Cc1nc(OC)cc(C(=O)OC)n1.COC(=O)c1cc(OC)nc(Cl)n1. The second-order valence-electron chi connectivity index (χ2n) is 4.41. The van der Waals surface area contributed by atoms with Crippen LogP contribution >= 0.6 is 11.6 Å². The standard InChI is InChI=1S/C9H10N2O3.C7H7ClN2O3/c1-4-7-10-6(9(12)14-3)5-8(11-7)13-2;1-12-5-3-4(6(11)13-2)9-7(8)10-5/h4-5H,1H2,2-3H3;3H,1-2H3. The van der Waals surface area contributed by atoms with Crippen LogP contribution in [0.4, 0.5) is 0 Å². The van der Waals surface area contributed by atoms with Crippen molar-refractivity contribution in [2.45, 2.75) is 0 Å². The Morgan fingerprint density at radius 1 is 0.889 bits per heavy atom. The summed E-state index contributed by atoms with van der Waals surface area (Å²) in [5.41, 5.74) is 0.216. The van der Waals surface area contributed by atoms with Crippen molar-refractivity contribution in [3.8, 4) is 11.8 Å². The predicted octanol–water partition coefficient (Wildman–Crippen LogP) is 1.84. The summed E-state index contributed by atoms with van der Waals surface area (Å²) in [5, 5.41) is -0.0558. The molecule has 2 rings (SSSR count). The first-order valence-electron chi connectivity index (χ1n) is 7.19. The van der Waals surface area contributed by atoms with E-state index in [2.05, 4.69) is 36.0 Å². The molecule has 0 N–H and O–H groups in total. The number of hydrogen-bond acceptors (Lipinski definition) is 10. The molecule has 27 heavy (non-hydrogen) atoms. The number of carbonyl (C=O) groups excluding carboxylic acids is 2. The summed E-state index contributed by atoms with van der Waals surface area (Å²) in [4.78, 5) is 37.3. The summed E-state index contributed by atoms with van der Waals surface area (Å²) in [6.45, 7) is 3.50. The van der Waals surface area contributed by atoms with Crippen LogP contribution in [0.5, 0.6) is 11.8 Å². The lowest BCUT2D eigenvalue weighted by molar-refractivity contribution is 0.0584. The summed E-state index contributed by atoms with van der Waals surface area (Å²) in [6.07, 6.45) is 1.43. The molecular formula is C16H17ClN4O6. The average molecular weight is 397 g/mol. The minimum Gasteiger partial charge on any atom is -0.481 e. The molecule has 2 aromatic rings. The molecule has 0 unspecified atom stereocenters. The van der Waals surface area contributed by atoms with Crippen molar-refractivity contribution in [1.82, 2.24) is 19.9 Å². The molecule has 0 amide bonds. The minimum absolute atomic E-state index is 0.0558. The Hall–Kier alpha value is -3.27. The first-order chi connectivity index (χ1) is 12.9. The third kappa shape index (κ3) is 6.51. The van der Waals surface area contributed by atoms with Gasteiger partial charge in [0.25, 0.3) is 0 Å². The Kier molecular flexibility index (Phi) is 8.60. The molecule has 144 valence electrons. The fourth-order valence-corrected chi connectivity index (χ4v) is 1.73. The molecular weight excluding hydrogens is 380 g/mol. The van der Waals surface area contributed by atoms with E-state index in [0.29, 0.717) is 11.7 Å². The maximum atomic E-state index is 11.1. The van der Waals surface area contributed by atoms with E-state index in [1.807, 2.05) is 0 Å². The smallest absolute Gasteiger partial charge is 0.356 e. The topological polar surface area (TPSA) is 123 Å². The second kappa shape index (κ2) is 10.7. The summed E-state index contributed by atoms with van der Waals surface area (Å²) in [6, 6.07) is 2.75. The molecule has 0 fully saturated rings. The highest BCUT2D eigenvalue weighted by Crippen LogP contribution is 2.12. The van der Waals surface area contributed by atoms with Crippen molar-refractivity contribution < 1.29 is 28.5 Å². The molecule has 0 saturated carbocycles. The highest BCUT2D eigenvalue weighted by Gasteiger charge is 2.11. The lowest BCUT2D eigenvalue weighted by Gasteiger charge is -2.02. The second-order valence-corrected chi connectivity index (χ2v) is 4.74. The highest BCUT2D eigenvalue weighted by molar-refractivity contribution is 6.28. The molecule has 0 aliphatic rings. The van der Waals surface area contributed by atoms with E-state index >= 15 is 0 Å². The number of methoxy groups -OCH3 is 4. The van der Waals surface area contributed by atoms with Crippen LogP contribution in [-0.2, 0) is 9.47 Å². The molecule has 11 heteroatoms. The van der Waals surface area contributed by atoms with Gasteiger partial charge in [-0.2, -0.15) is 9.97 Å². The third-order valence-electron chi connectivity index (χ3n) is 2.79. The van der Waals surface area contributed by atoms with E-state index in [1.54, 1.807) is 0 Å². The molecule has 10 nitrogen and oxygen atoms in total. The summed E-state index contributed by atoms with van der Waals surface area (Å²) >= 11 is 5.52. The number of rotatable bonds is 5. The summed E-state index contributed by atoms with van der Waals surface area (Å²) in [7, 11) is 5.41. The van der Waals surface area contributed by atoms with Gasteiger partial charge >= 0.3 is 11.9 Å². The minimum atomic E-state index is -0.581. The van der Waals surface area contributed by atoms with Crippen LogP contribution in [0.3, 0.4) is 0 Å². The van der Waals surface area contributed by atoms with E-state index in [9.17, 15) is 9.59 Å². The number of aromatic nitrogens is 4. The maximum Gasteiger partial charge on any atom is 0.356 e. The number of hydrogen-bond donors (Lipinski definition) is 0. The van der Waals surface area contributed by atoms with Gasteiger partial charge in [-0.15, -0.1) is 0 Å². The molecule has 0 bridgehead atoms. The van der Waals surface area contributed by atoms with Crippen LogP contribution in [0.15, 0.2) is 18.7 Å². The van der Waals surface area contributed by atoms with Crippen molar-refractivity contribution >= 4 is 29.6 Å². The van der Waals surface area contributed by atoms with Gasteiger partial charge in [-0.3, -0.25) is 0 Å². The van der Waals surface area contributed by atoms with Crippen molar-refractivity contribution in [2.75, 3.05) is 28.4 Å². The maximum absolute atomic E-state index is 11.1.